The molecule has 2 aromatic rings. The lowest BCUT2D eigenvalue weighted by Gasteiger charge is -2.27. The molecule has 0 bridgehead atoms. The topological polar surface area (TPSA) is 76.6 Å². The van der Waals surface area contributed by atoms with Crippen molar-refractivity contribution in [2.45, 2.75) is 70.6 Å². The first-order chi connectivity index (χ1) is 13.7. The van der Waals surface area contributed by atoms with Crippen LogP contribution in [0, 0.1) is 6.92 Å². The third-order valence-corrected chi connectivity index (χ3v) is 6.74. The van der Waals surface area contributed by atoms with Crippen LogP contribution in [0.1, 0.15) is 56.7 Å². The predicted molar refractivity (Wildman–Crippen MR) is 115 cm³/mol. The lowest BCUT2D eigenvalue weighted by molar-refractivity contribution is 0.00990. The Morgan fingerprint density at radius 2 is 2.07 bits per heavy atom. The molecule has 1 saturated heterocycles. The van der Waals surface area contributed by atoms with E-state index in [-0.39, 0.29) is 12.1 Å². The smallest absolute Gasteiger partial charge is 0.407 e. The van der Waals surface area contributed by atoms with E-state index >= 15 is 0 Å². The Balaban J connectivity index is 1.48. The zero-order valence-corrected chi connectivity index (χ0v) is 18.6. The summed E-state index contributed by atoms with van der Waals surface area (Å²) in [6, 6.07) is 2.69. The fourth-order valence-electron chi connectivity index (χ4n) is 3.99. The molecule has 1 aliphatic carbocycles. The number of fused-ring (bicyclic) bond motifs is 1. The Labute approximate surface area is 175 Å². The van der Waals surface area contributed by atoms with E-state index < -0.39 is 5.60 Å². The highest BCUT2D eigenvalue weighted by atomic mass is 32.1. The van der Waals surface area contributed by atoms with Crippen molar-refractivity contribution in [3.8, 4) is 0 Å². The Morgan fingerprint density at radius 3 is 2.72 bits per heavy atom. The first-order valence-electron chi connectivity index (χ1n) is 10.3. The number of thiophene rings is 1. The summed E-state index contributed by atoms with van der Waals surface area (Å²) < 4.78 is 10.8. The third-order valence-electron chi connectivity index (χ3n) is 5.55. The van der Waals surface area contributed by atoms with Gasteiger partial charge in [0.2, 0.25) is 0 Å². The van der Waals surface area contributed by atoms with Crippen molar-refractivity contribution in [3.05, 3.63) is 16.8 Å². The molecule has 29 heavy (non-hydrogen) atoms. The van der Waals surface area contributed by atoms with E-state index in [1.807, 2.05) is 27.7 Å². The van der Waals surface area contributed by atoms with Crippen LogP contribution in [0.2, 0.25) is 0 Å². The summed E-state index contributed by atoms with van der Waals surface area (Å²) in [5.41, 5.74) is -0.481. The van der Waals surface area contributed by atoms with Crippen LogP contribution >= 0.6 is 11.3 Å². The van der Waals surface area contributed by atoms with Crippen LogP contribution in [0.4, 0.5) is 10.6 Å². The molecule has 2 aromatic heterocycles. The summed E-state index contributed by atoms with van der Waals surface area (Å²) >= 11 is 1.75. The fourth-order valence-corrected chi connectivity index (χ4v) is 5.13. The molecule has 1 N–H and O–H groups in total. The molecule has 7 nitrogen and oxygen atoms in total. The number of anilines is 1. The van der Waals surface area contributed by atoms with Crippen molar-refractivity contribution in [3.63, 3.8) is 0 Å². The van der Waals surface area contributed by atoms with Crippen molar-refractivity contribution in [2.75, 3.05) is 25.2 Å². The highest BCUT2D eigenvalue weighted by Gasteiger charge is 2.32. The number of carbonyl (C=O) groups is 1. The van der Waals surface area contributed by atoms with Crippen LogP contribution in [0.5, 0.6) is 0 Å². The predicted octanol–water partition coefficient (Wildman–Crippen LogP) is 4.00. The molecule has 2 atom stereocenters. The van der Waals surface area contributed by atoms with Crippen LogP contribution in [-0.4, -0.2) is 54.0 Å². The SMILES string of the molecule is Cc1nc(N(C)[C@@H]2CC[C@H](NC(=O)OC(C)(C)C)C2)c2cc(C3COC3)sc2n1. The van der Waals surface area contributed by atoms with E-state index in [0.29, 0.717) is 12.0 Å². The normalized spacial score (nSPS) is 22.5. The molecule has 4 rings (SSSR count). The number of alkyl carbamates (subject to hydrolysis) is 1. The summed E-state index contributed by atoms with van der Waals surface area (Å²) in [5.74, 6) is 2.26. The van der Waals surface area contributed by atoms with Gasteiger partial charge in [-0.2, -0.15) is 0 Å². The zero-order valence-electron chi connectivity index (χ0n) is 17.8. The number of ether oxygens (including phenoxy) is 2. The van der Waals surface area contributed by atoms with Gasteiger partial charge in [-0.25, -0.2) is 14.8 Å². The standard InChI is InChI=1S/C21H30N4O3S/c1-12-22-18(16-9-17(13-10-27-11-13)29-19(16)23-12)25(5)15-7-6-14(8-15)24-20(26)28-21(2,3)4/h9,13-15H,6-8,10-11H2,1-5H3,(H,24,26)/t14-,15+/m0/s1. The lowest BCUT2D eigenvalue weighted by atomic mass is 10.1. The zero-order chi connectivity index (χ0) is 20.8. The molecule has 1 amide bonds. The maximum atomic E-state index is 12.1. The van der Waals surface area contributed by atoms with Gasteiger partial charge in [-0.05, 0) is 53.0 Å². The van der Waals surface area contributed by atoms with Gasteiger partial charge in [0.1, 0.15) is 22.1 Å². The van der Waals surface area contributed by atoms with E-state index in [1.165, 1.54) is 4.88 Å². The molecule has 0 unspecified atom stereocenters. The van der Waals surface area contributed by atoms with E-state index in [4.69, 9.17) is 14.5 Å². The largest absolute Gasteiger partial charge is 0.444 e. The maximum Gasteiger partial charge on any atom is 0.407 e. The van der Waals surface area contributed by atoms with Gasteiger partial charge in [0, 0.05) is 29.9 Å². The van der Waals surface area contributed by atoms with Gasteiger partial charge < -0.3 is 19.7 Å². The molecule has 1 saturated carbocycles. The highest BCUT2D eigenvalue weighted by Crippen LogP contribution is 2.38. The molecule has 0 radical (unpaired) electrons. The number of hydrogen-bond acceptors (Lipinski definition) is 7. The lowest BCUT2D eigenvalue weighted by Crippen LogP contribution is -2.39. The van der Waals surface area contributed by atoms with Crippen molar-refractivity contribution in [1.29, 1.82) is 0 Å². The molecular formula is C21H30N4O3S. The molecule has 2 fully saturated rings. The second kappa shape index (κ2) is 7.72. The average molecular weight is 419 g/mol. The molecule has 0 aromatic carbocycles. The number of amides is 1. The van der Waals surface area contributed by atoms with Gasteiger partial charge in [-0.1, -0.05) is 0 Å². The molecule has 1 aliphatic heterocycles. The van der Waals surface area contributed by atoms with Crippen LogP contribution in [0.15, 0.2) is 6.07 Å². The Morgan fingerprint density at radius 1 is 1.31 bits per heavy atom. The molecule has 8 heteroatoms. The van der Waals surface area contributed by atoms with Gasteiger partial charge in [0.05, 0.1) is 18.6 Å². The summed E-state index contributed by atoms with van der Waals surface area (Å²) in [7, 11) is 2.10. The minimum absolute atomic E-state index is 0.126. The number of nitrogens with one attached hydrogen (secondary N) is 1. The van der Waals surface area contributed by atoms with Crippen LogP contribution < -0.4 is 10.2 Å². The average Bonchev–Trinajstić information content (AvgIpc) is 3.16. The number of aromatic nitrogens is 2. The van der Waals surface area contributed by atoms with Gasteiger partial charge in [-0.15, -0.1) is 11.3 Å². The van der Waals surface area contributed by atoms with Crippen molar-refractivity contribution >= 4 is 33.5 Å². The Kier molecular flexibility index (Phi) is 5.42. The van der Waals surface area contributed by atoms with Crippen LogP contribution in [0.3, 0.4) is 0 Å². The molecule has 2 aliphatic rings. The number of rotatable bonds is 4. The van der Waals surface area contributed by atoms with Gasteiger partial charge in [0.15, 0.2) is 0 Å². The van der Waals surface area contributed by atoms with Crippen LogP contribution in [-0.2, 0) is 9.47 Å². The van der Waals surface area contributed by atoms with E-state index in [9.17, 15) is 4.79 Å². The number of carbonyl (C=O) groups excluding carboxylic acids is 1. The number of aryl methyl sites for hydroxylation is 1. The quantitative estimate of drug-likeness (QED) is 0.809. The van der Waals surface area contributed by atoms with Crippen LogP contribution in [0.25, 0.3) is 10.2 Å². The summed E-state index contributed by atoms with van der Waals surface area (Å²) in [6.07, 6.45) is 2.50. The van der Waals surface area contributed by atoms with E-state index in [1.54, 1.807) is 11.3 Å². The second-order valence-electron chi connectivity index (χ2n) is 9.12. The van der Waals surface area contributed by atoms with Gasteiger partial charge in [0.25, 0.3) is 0 Å². The van der Waals surface area contributed by atoms with E-state index in [2.05, 4.69) is 28.3 Å². The minimum Gasteiger partial charge on any atom is -0.444 e. The van der Waals surface area contributed by atoms with Gasteiger partial charge in [-0.3, -0.25) is 0 Å². The summed E-state index contributed by atoms with van der Waals surface area (Å²) in [5, 5.41) is 4.14. The number of hydrogen-bond donors (Lipinski definition) is 1. The Hall–Kier alpha value is -1.93. The molecular weight excluding hydrogens is 388 g/mol. The second-order valence-corrected chi connectivity index (χ2v) is 10.2. The molecule has 0 spiro atoms. The Bertz CT molecular complexity index is 903. The van der Waals surface area contributed by atoms with E-state index in [0.717, 1.165) is 54.3 Å². The summed E-state index contributed by atoms with van der Waals surface area (Å²) in [6.45, 7) is 9.18. The molecule has 158 valence electrons. The van der Waals surface area contributed by atoms with Gasteiger partial charge >= 0.3 is 6.09 Å². The van der Waals surface area contributed by atoms with Crippen molar-refractivity contribution < 1.29 is 14.3 Å². The maximum absolute atomic E-state index is 12.1. The monoisotopic (exact) mass is 418 g/mol. The fraction of sp³-hybridized carbons (Fsp3) is 0.667. The first-order valence-corrected chi connectivity index (χ1v) is 11.1. The first kappa shape index (κ1) is 20.3. The highest BCUT2D eigenvalue weighted by molar-refractivity contribution is 7.18. The molecule has 3 heterocycles. The minimum atomic E-state index is -0.481. The van der Waals surface area contributed by atoms with Crippen molar-refractivity contribution in [1.82, 2.24) is 15.3 Å². The van der Waals surface area contributed by atoms with Crippen molar-refractivity contribution in [2.24, 2.45) is 0 Å². The third kappa shape index (κ3) is 4.48. The summed E-state index contributed by atoms with van der Waals surface area (Å²) in [4.78, 5) is 26.2. The number of nitrogens with zero attached hydrogens (tertiary/aromatic N) is 3.